The number of nitrogens with zero attached hydrogens (tertiary/aromatic N) is 3. The first kappa shape index (κ1) is 55.1. The number of aliphatic hydroxyl groups is 2. The summed E-state index contributed by atoms with van der Waals surface area (Å²) in [6.45, 7) is 22.0. The number of rotatable bonds is 17. The highest BCUT2D eigenvalue weighted by molar-refractivity contribution is 7.90. The number of ether oxygens (including phenoxy) is 1. The normalized spacial score (nSPS) is 11.8. The van der Waals surface area contributed by atoms with E-state index in [1.54, 1.807) is 94.7 Å². The molecule has 7 rings (SSSR count). The summed E-state index contributed by atoms with van der Waals surface area (Å²) in [5.74, 6) is 0.629. The Kier molecular flexibility index (Phi) is 17.8. The second-order valence-corrected chi connectivity index (χ2v) is 22.6. The van der Waals surface area contributed by atoms with E-state index in [-0.39, 0.29) is 41.9 Å². The molecule has 0 aliphatic heterocycles. The van der Waals surface area contributed by atoms with E-state index >= 15 is 0 Å². The van der Waals surface area contributed by atoms with Crippen molar-refractivity contribution in [2.24, 2.45) is 0 Å². The van der Waals surface area contributed by atoms with Crippen LogP contribution in [-0.2, 0) is 53.0 Å². The highest BCUT2D eigenvalue weighted by Crippen LogP contribution is 2.34. The second-order valence-electron chi connectivity index (χ2n) is 19.3. The quantitative estimate of drug-likeness (QED) is 0.0424. The van der Waals surface area contributed by atoms with Gasteiger partial charge in [-0.05, 0) is 108 Å². The molecule has 73 heavy (non-hydrogen) atoms. The number of benzene rings is 5. The molecule has 0 aliphatic carbocycles. The van der Waals surface area contributed by atoms with Gasteiger partial charge in [-0.3, -0.25) is 9.97 Å². The lowest BCUT2D eigenvalue weighted by Crippen LogP contribution is -2.40. The highest BCUT2D eigenvalue weighted by atomic mass is 32.2. The molecule has 2 aromatic heterocycles. The summed E-state index contributed by atoms with van der Waals surface area (Å²) < 4.78 is 64.0. The largest absolute Gasteiger partial charge is 0.506 e. The number of aromatic nitrogens is 2. The van der Waals surface area contributed by atoms with Crippen LogP contribution in [0.1, 0.15) is 80.7 Å². The van der Waals surface area contributed by atoms with Crippen molar-refractivity contribution in [2.45, 2.75) is 109 Å². The molecule has 0 bridgehead atoms. The van der Waals surface area contributed by atoms with Crippen molar-refractivity contribution in [3.63, 3.8) is 0 Å². The van der Waals surface area contributed by atoms with Crippen molar-refractivity contribution >= 4 is 37.1 Å². The van der Waals surface area contributed by atoms with Crippen molar-refractivity contribution in [3.8, 4) is 33.8 Å². The number of aromatic hydroxyl groups is 1. The third kappa shape index (κ3) is 14.7. The Hall–Kier alpha value is -7.17. The number of aryl methyl sites for hydroxylation is 2. The third-order valence-electron chi connectivity index (χ3n) is 11.1. The number of aliphatic hydroxyl groups excluding tert-OH is 2. The molecule has 0 saturated carbocycles. The van der Waals surface area contributed by atoms with Gasteiger partial charge in [0, 0.05) is 81.3 Å². The second kappa shape index (κ2) is 23.6. The first-order chi connectivity index (χ1) is 34.5. The van der Waals surface area contributed by atoms with Gasteiger partial charge < -0.3 is 30.7 Å². The van der Waals surface area contributed by atoms with Crippen LogP contribution in [0.15, 0.2) is 144 Å². The van der Waals surface area contributed by atoms with Gasteiger partial charge in [-0.25, -0.2) is 31.1 Å². The summed E-state index contributed by atoms with van der Waals surface area (Å²) in [5.41, 5.74) is 8.14. The summed E-state index contributed by atoms with van der Waals surface area (Å²) in [6, 6.07) is 36.0. The lowest BCUT2D eigenvalue weighted by molar-refractivity contribution is 0.273. The van der Waals surface area contributed by atoms with E-state index < -0.39 is 31.1 Å². The molecule has 0 radical (unpaired) electrons. The maximum atomic E-state index is 13.2. The molecule has 0 spiro atoms. The van der Waals surface area contributed by atoms with E-state index in [1.165, 1.54) is 0 Å². The lowest BCUT2D eigenvalue weighted by Gasteiger charge is -2.22. The van der Waals surface area contributed by atoms with Crippen LogP contribution in [0.2, 0.25) is 0 Å². The van der Waals surface area contributed by atoms with Gasteiger partial charge in [-0.15, -0.1) is 0 Å². The number of sulfonamides is 2. The molecule has 0 fully saturated rings. The molecule has 15 nitrogen and oxygen atoms in total. The SMILES string of the molecule is Cc1ncc(CO)c(CNc2cccc(-c3ccccc3S(=O)(=O)NC(C)(C)C)c2)c1O.[C-]#[N+]c1ccc(COc2c(C)ncc(CO)c2CNc2cccc(-c3ccccc3S(=O)(=O)NC(C)(C)C)c2)cc1. The van der Waals surface area contributed by atoms with Crippen LogP contribution >= 0.6 is 0 Å². The van der Waals surface area contributed by atoms with Gasteiger partial charge in [-0.1, -0.05) is 84.9 Å². The van der Waals surface area contributed by atoms with Crippen LogP contribution in [0.25, 0.3) is 27.1 Å². The molecule has 382 valence electrons. The zero-order valence-corrected chi connectivity index (χ0v) is 43.9. The van der Waals surface area contributed by atoms with Gasteiger partial charge in [0.2, 0.25) is 20.0 Å². The molecule has 0 unspecified atom stereocenters. The monoisotopic (exact) mass is 1030 g/mol. The van der Waals surface area contributed by atoms with Gasteiger partial charge in [-0.2, -0.15) is 0 Å². The minimum atomic E-state index is -3.75. The van der Waals surface area contributed by atoms with Gasteiger partial charge in [0.15, 0.2) is 5.69 Å². The zero-order valence-electron chi connectivity index (χ0n) is 42.3. The van der Waals surface area contributed by atoms with E-state index in [4.69, 9.17) is 11.3 Å². The average molecular weight is 1030 g/mol. The van der Waals surface area contributed by atoms with Crippen molar-refractivity contribution in [2.75, 3.05) is 10.6 Å². The number of hydrogen-bond acceptors (Lipinski definition) is 12. The molecule has 5 aromatic carbocycles. The Labute approximate surface area is 429 Å². The molecule has 0 saturated heterocycles. The predicted octanol–water partition coefficient (Wildman–Crippen LogP) is 10.3. The van der Waals surface area contributed by atoms with Gasteiger partial charge in [0.05, 0.1) is 41.0 Å². The standard InChI is InChI=1S/C32H34N4O4S.C24H29N3O4S/c1-22-31(40-21-23-13-15-26(33-5)16-14-23)29(25(20-37)18-34-22)19-35-27-10-8-9-24(17-27)28-11-6-7-12-30(28)41(38,39)36-32(2,3)4;1-16-23(29)21(18(15-28)13-25-16)14-26-19-9-7-8-17(12-19)20-10-5-6-11-22(20)32(30,31)27-24(2,3)4/h6-18,35-37H,19-21H2,1-4H3;5-13,26-29H,14-15H2,1-4H3. The highest BCUT2D eigenvalue weighted by Gasteiger charge is 2.26. The van der Waals surface area contributed by atoms with Gasteiger partial charge in [0.25, 0.3) is 0 Å². The van der Waals surface area contributed by atoms with Crippen LogP contribution in [0.4, 0.5) is 17.1 Å². The summed E-state index contributed by atoms with van der Waals surface area (Å²) in [7, 11) is -7.48. The summed E-state index contributed by atoms with van der Waals surface area (Å²) in [4.78, 5) is 12.3. The minimum Gasteiger partial charge on any atom is -0.506 e. The first-order valence-electron chi connectivity index (χ1n) is 23.4. The molecular formula is C56H63N7O8S2. The van der Waals surface area contributed by atoms with Crippen molar-refractivity contribution in [1.82, 2.24) is 19.4 Å². The van der Waals surface area contributed by atoms with Crippen molar-refractivity contribution < 1.29 is 36.9 Å². The molecule has 0 atom stereocenters. The Morgan fingerprint density at radius 2 is 1.05 bits per heavy atom. The summed E-state index contributed by atoms with van der Waals surface area (Å²) in [6.07, 6.45) is 3.19. The zero-order chi connectivity index (χ0) is 53.1. The minimum absolute atomic E-state index is 0.0462. The van der Waals surface area contributed by atoms with E-state index in [1.807, 2.05) is 94.4 Å². The fraction of sp³-hybridized carbons (Fsp3) is 0.268. The van der Waals surface area contributed by atoms with Gasteiger partial charge in [0.1, 0.15) is 18.1 Å². The van der Waals surface area contributed by atoms with Crippen LogP contribution in [0.5, 0.6) is 11.5 Å². The number of nitrogens with one attached hydrogen (secondary N) is 4. The summed E-state index contributed by atoms with van der Waals surface area (Å²) >= 11 is 0. The van der Waals surface area contributed by atoms with Crippen LogP contribution in [-0.4, -0.2) is 53.2 Å². The molecule has 0 aliphatic rings. The lowest BCUT2D eigenvalue weighted by atomic mass is 10.0. The van der Waals surface area contributed by atoms with E-state index in [0.29, 0.717) is 57.2 Å². The molecule has 2 heterocycles. The fourth-order valence-corrected chi connectivity index (χ4v) is 11.1. The molecule has 7 aromatic rings. The third-order valence-corrected chi connectivity index (χ3v) is 14.8. The molecular weight excluding hydrogens is 963 g/mol. The van der Waals surface area contributed by atoms with E-state index in [2.05, 4.69) is 34.9 Å². The van der Waals surface area contributed by atoms with E-state index in [9.17, 15) is 32.2 Å². The Bertz CT molecular complexity index is 3330. The fourth-order valence-electron chi connectivity index (χ4n) is 7.81. The summed E-state index contributed by atoms with van der Waals surface area (Å²) in [5, 5.41) is 36.6. The topological polar surface area (TPSA) is 216 Å². The van der Waals surface area contributed by atoms with Crippen molar-refractivity contribution in [3.05, 3.63) is 184 Å². The maximum Gasteiger partial charge on any atom is 0.241 e. The first-order valence-corrected chi connectivity index (χ1v) is 26.4. The maximum absolute atomic E-state index is 13.2. The number of anilines is 2. The average Bonchev–Trinajstić information content (AvgIpc) is 3.35. The van der Waals surface area contributed by atoms with E-state index in [0.717, 1.165) is 33.6 Å². The van der Waals surface area contributed by atoms with Gasteiger partial charge >= 0.3 is 0 Å². The van der Waals surface area contributed by atoms with Crippen LogP contribution < -0.4 is 24.8 Å². The molecule has 7 N–H and O–H groups in total. The van der Waals surface area contributed by atoms with Crippen LogP contribution in [0.3, 0.4) is 0 Å². The number of hydrogen-bond donors (Lipinski definition) is 7. The molecule has 0 amide bonds. The molecule has 17 heteroatoms. The Morgan fingerprint density at radius 3 is 1.52 bits per heavy atom. The Morgan fingerprint density at radius 1 is 0.603 bits per heavy atom. The number of pyridine rings is 2. The van der Waals surface area contributed by atoms with Crippen LogP contribution in [0, 0.1) is 20.4 Å². The Balaban J connectivity index is 0.000000246. The smallest absolute Gasteiger partial charge is 0.241 e. The van der Waals surface area contributed by atoms with Crippen molar-refractivity contribution in [1.29, 1.82) is 0 Å². The predicted molar refractivity (Wildman–Crippen MR) is 287 cm³/mol.